The lowest BCUT2D eigenvalue weighted by atomic mass is 9.98. The maximum absolute atomic E-state index is 12.9. The molecule has 0 amide bonds. The third-order valence-corrected chi connectivity index (χ3v) is 2.81. The molecule has 0 N–H and O–H groups in total. The molecule has 0 bridgehead atoms. The molecule has 0 aromatic heterocycles. The number of benzene rings is 2. The molecule has 0 spiro atoms. The van der Waals surface area contributed by atoms with Gasteiger partial charge in [0.15, 0.2) is 0 Å². The average Bonchev–Trinajstić information content (AvgIpc) is 2.47. The van der Waals surface area contributed by atoms with E-state index in [4.69, 9.17) is 4.74 Å². The van der Waals surface area contributed by atoms with Crippen LogP contribution in [0, 0.1) is 17.1 Å². The zero-order valence-corrected chi connectivity index (χ0v) is 10.9. The topological polar surface area (TPSA) is 50.1 Å². The standard InChI is InChI=1S/C16H12FNO2/c1-2-20-16(19)12-5-8-15(13(9-12)10-18)11-3-6-14(17)7-4-11/h3-9H,2H2,1H3. The van der Waals surface area contributed by atoms with Gasteiger partial charge in [-0.05, 0) is 42.3 Å². The largest absolute Gasteiger partial charge is 0.462 e. The molecule has 0 atom stereocenters. The molecule has 2 aromatic carbocycles. The molecular formula is C16H12FNO2. The second kappa shape index (κ2) is 5.98. The van der Waals surface area contributed by atoms with Crippen molar-refractivity contribution in [2.24, 2.45) is 0 Å². The summed E-state index contributed by atoms with van der Waals surface area (Å²) >= 11 is 0. The van der Waals surface area contributed by atoms with Crippen molar-refractivity contribution >= 4 is 5.97 Å². The van der Waals surface area contributed by atoms with Crippen LogP contribution >= 0.6 is 0 Å². The predicted molar refractivity (Wildman–Crippen MR) is 72.5 cm³/mol. The normalized spacial score (nSPS) is 9.85. The van der Waals surface area contributed by atoms with Gasteiger partial charge in [0.1, 0.15) is 5.82 Å². The van der Waals surface area contributed by atoms with E-state index in [1.807, 2.05) is 6.07 Å². The second-order valence-electron chi connectivity index (χ2n) is 4.10. The van der Waals surface area contributed by atoms with Gasteiger partial charge in [-0.25, -0.2) is 9.18 Å². The third-order valence-electron chi connectivity index (χ3n) is 2.81. The van der Waals surface area contributed by atoms with Crippen LogP contribution in [0.15, 0.2) is 42.5 Å². The Labute approximate surface area is 116 Å². The van der Waals surface area contributed by atoms with Gasteiger partial charge in [0.2, 0.25) is 0 Å². The highest BCUT2D eigenvalue weighted by molar-refractivity contribution is 5.91. The Morgan fingerprint density at radius 1 is 1.25 bits per heavy atom. The molecule has 0 saturated carbocycles. The molecule has 0 heterocycles. The minimum Gasteiger partial charge on any atom is -0.462 e. The van der Waals surface area contributed by atoms with Crippen molar-refractivity contribution in [3.05, 3.63) is 59.4 Å². The van der Waals surface area contributed by atoms with Crippen LogP contribution in [0.3, 0.4) is 0 Å². The summed E-state index contributed by atoms with van der Waals surface area (Å²) < 4.78 is 17.8. The zero-order chi connectivity index (χ0) is 14.5. The van der Waals surface area contributed by atoms with Crippen LogP contribution in [0.1, 0.15) is 22.8 Å². The minimum atomic E-state index is -0.463. The second-order valence-corrected chi connectivity index (χ2v) is 4.10. The van der Waals surface area contributed by atoms with Gasteiger partial charge < -0.3 is 4.74 Å². The maximum atomic E-state index is 12.9. The number of hydrogen-bond donors (Lipinski definition) is 0. The Morgan fingerprint density at radius 2 is 1.95 bits per heavy atom. The fraction of sp³-hybridized carbons (Fsp3) is 0.125. The van der Waals surface area contributed by atoms with E-state index >= 15 is 0 Å². The van der Waals surface area contributed by atoms with Crippen LogP contribution in [-0.2, 0) is 4.74 Å². The summed E-state index contributed by atoms with van der Waals surface area (Å²) in [5, 5.41) is 9.19. The number of rotatable bonds is 3. The van der Waals surface area contributed by atoms with E-state index < -0.39 is 5.97 Å². The first-order valence-corrected chi connectivity index (χ1v) is 6.13. The van der Waals surface area contributed by atoms with Gasteiger partial charge in [0.05, 0.1) is 23.8 Å². The van der Waals surface area contributed by atoms with Gasteiger partial charge in [-0.3, -0.25) is 0 Å². The van der Waals surface area contributed by atoms with Gasteiger partial charge in [-0.15, -0.1) is 0 Å². The number of nitrogens with zero attached hydrogens (tertiary/aromatic N) is 1. The van der Waals surface area contributed by atoms with E-state index in [1.165, 1.54) is 18.2 Å². The van der Waals surface area contributed by atoms with Gasteiger partial charge in [-0.2, -0.15) is 5.26 Å². The highest BCUT2D eigenvalue weighted by Crippen LogP contribution is 2.25. The van der Waals surface area contributed by atoms with Crippen LogP contribution in [0.5, 0.6) is 0 Å². The Kier molecular flexibility index (Phi) is 4.11. The van der Waals surface area contributed by atoms with Crippen molar-refractivity contribution in [1.29, 1.82) is 5.26 Å². The molecule has 0 unspecified atom stereocenters. The van der Waals surface area contributed by atoms with E-state index in [1.54, 1.807) is 31.2 Å². The Morgan fingerprint density at radius 3 is 2.55 bits per heavy atom. The molecule has 0 aliphatic carbocycles. The first kappa shape index (κ1) is 13.8. The number of hydrogen-bond acceptors (Lipinski definition) is 3. The molecule has 0 aliphatic heterocycles. The number of halogens is 1. The number of ether oxygens (including phenoxy) is 1. The number of esters is 1. The van der Waals surface area contributed by atoms with E-state index in [0.717, 1.165) is 5.56 Å². The molecule has 4 heteroatoms. The van der Waals surface area contributed by atoms with Crippen molar-refractivity contribution in [1.82, 2.24) is 0 Å². The van der Waals surface area contributed by atoms with Gasteiger partial charge >= 0.3 is 5.97 Å². The quantitative estimate of drug-likeness (QED) is 0.801. The lowest BCUT2D eigenvalue weighted by Gasteiger charge is -2.07. The smallest absolute Gasteiger partial charge is 0.338 e. The Hall–Kier alpha value is -2.67. The monoisotopic (exact) mass is 269 g/mol. The Balaban J connectivity index is 2.43. The lowest BCUT2D eigenvalue weighted by Crippen LogP contribution is -2.05. The van der Waals surface area contributed by atoms with Gasteiger partial charge in [-0.1, -0.05) is 18.2 Å². The van der Waals surface area contributed by atoms with E-state index in [0.29, 0.717) is 16.7 Å². The lowest BCUT2D eigenvalue weighted by molar-refractivity contribution is 0.0526. The summed E-state index contributed by atoms with van der Waals surface area (Å²) in [6.45, 7) is 2.00. The summed E-state index contributed by atoms with van der Waals surface area (Å²) in [5.41, 5.74) is 2.05. The SMILES string of the molecule is CCOC(=O)c1ccc(-c2ccc(F)cc2)c(C#N)c1. The number of carbonyl (C=O) groups excluding carboxylic acids is 1. The fourth-order valence-corrected chi connectivity index (χ4v) is 1.86. The molecule has 0 fully saturated rings. The fourth-order valence-electron chi connectivity index (χ4n) is 1.86. The number of nitriles is 1. The van der Waals surface area contributed by atoms with Crippen LogP contribution in [-0.4, -0.2) is 12.6 Å². The molecule has 2 aromatic rings. The highest BCUT2D eigenvalue weighted by atomic mass is 19.1. The van der Waals surface area contributed by atoms with Crippen LogP contribution in [0.2, 0.25) is 0 Å². The van der Waals surface area contributed by atoms with E-state index in [9.17, 15) is 14.4 Å². The predicted octanol–water partition coefficient (Wildman–Crippen LogP) is 3.54. The first-order valence-electron chi connectivity index (χ1n) is 6.13. The van der Waals surface area contributed by atoms with Gasteiger partial charge in [0, 0.05) is 0 Å². The molecule has 0 saturated heterocycles. The van der Waals surface area contributed by atoms with Crippen LogP contribution < -0.4 is 0 Å². The molecule has 100 valence electrons. The first-order chi connectivity index (χ1) is 9.65. The van der Waals surface area contributed by atoms with Crippen molar-refractivity contribution in [2.75, 3.05) is 6.61 Å². The zero-order valence-electron chi connectivity index (χ0n) is 10.9. The molecule has 20 heavy (non-hydrogen) atoms. The molecule has 0 radical (unpaired) electrons. The summed E-state index contributed by atoms with van der Waals surface area (Å²) in [5.74, 6) is -0.801. The molecule has 3 nitrogen and oxygen atoms in total. The summed E-state index contributed by atoms with van der Waals surface area (Å²) in [7, 11) is 0. The highest BCUT2D eigenvalue weighted by Gasteiger charge is 2.11. The maximum Gasteiger partial charge on any atom is 0.338 e. The average molecular weight is 269 g/mol. The molecular weight excluding hydrogens is 257 g/mol. The number of carbonyl (C=O) groups is 1. The molecule has 0 aliphatic rings. The van der Waals surface area contributed by atoms with Crippen LogP contribution in [0.25, 0.3) is 11.1 Å². The molecule has 2 rings (SSSR count). The summed E-state index contributed by atoms with van der Waals surface area (Å²) in [4.78, 5) is 11.6. The van der Waals surface area contributed by atoms with Crippen molar-refractivity contribution in [3.63, 3.8) is 0 Å². The minimum absolute atomic E-state index is 0.278. The van der Waals surface area contributed by atoms with Gasteiger partial charge in [0.25, 0.3) is 0 Å². The van der Waals surface area contributed by atoms with E-state index in [-0.39, 0.29) is 12.4 Å². The van der Waals surface area contributed by atoms with Crippen molar-refractivity contribution in [3.8, 4) is 17.2 Å². The van der Waals surface area contributed by atoms with E-state index in [2.05, 4.69) is 0 Å². The van der Waals surface area contributed by atoms with Crippen LogP contribution in [0.4, 0.5) is 4.39 Å². The Bertz CT molecular complexity index is 672. The summed E-state index contributed by atoms with van der Waals surface area (Å²) in [6.07, 6.45) is 0. The third kappa shape index (κ3) is 2.83. The van der Waals surface area contributed by atoms with Crippen molar-refractivity contribution in [2.45, 2.75) is 6.92 Å². The summed E-state index contributed by atoms with van der Waals surface area (Å²) in [6, 6.07) is 12.6. The van der Waals surface area contributed by atoms with Crippen molar-refractivity contribution < 1.29 is 13.9 Å².